The van der Waals surface area contributed by atoms with Gasteiger partial charge in [0.2, 0.25) is 0 Å². The molecule has 1 saturated heterocycles. The van der Waals surface area contributed by atoms with E-state index in [1.54, 1.807) is 6.07 Å². The lowest BCUT2D eigenvalue weighted by Crippen LogP contribution is -2.35. The van der Waals surface area contributed by atoms with Crippen molar-refractivity contribution in [3.63, 3.8) is 0 Å². The van der Waals surface area contributed by atoms with E-state index in [0.29, 0.717) is 12.3 Å². The molecule has 2 rings (SSSR count). The van der Waals surface area contributed by atoms with Crippen LogP contribution < -0.4 is 15.0 Å². The van der Waals surface area contributed by atoms with E-state index >= 15 is 0 Å². The third-order valence-electron chi connectivity index (χ3n) is 3.79. The maximum absolute atomic E-state index is 11.0. The molecule has 0 aromatic heterocycles. The van der Waals surface area contributed by atoms with Crippen molar-refractivity contribution in [3.8, 4) is 5.75 Å². The molecule has 0 bridgehead atoms. The Kier molecular flexibility index (Phi) is 6.18. The van der Waals surface area contributed by atoms with E-state index in [-0.39, 0.29) is 18.3 Å². The summed E-state index contributed by atoms with van der Waals surface area (Å²) in [4.78, 5) is 12.7. The average molecular weight is 323 g/mol. The Balaban J connectivity index is 2.07. The molecule has 0 aliphatic carbocycles. The zero-order chi connectivity index (χ0) is 16.8. The second-order valence-corrected chi connectivity index (χ2v) is 6.13. The molecule has 1 heterocycles. The summed E-state index contributed by atoms with van der Waals surface area (Å²) in [5, 5.41) is 24.1. The molecule has 1 fully saturated rings. The Morgan fingerprint density at radius 1 is 1.39 bits per heavy atom. The molecule has 1 aliphatic rings. The van der Waals surface area contributed by atoms with Gasteiger partial charge in [0.05, 0.1) is 16.7 Å². The van der Waals surface area contributed by atoms with E-state index in [1.807, 2.05) is 13.8 Å². The predicted molar refractivity (Wildman–Crippen MR) is 89.2 cm³/mol. The van der Waals surface area contributed by atoms with E-state index in [0.717, 1.165) is 31.6 Å². The Bertz CT molecular complexity index is 530. The van der Waals surface area contributed by atoms with Gasteiger partial charge in [0.25, 0.3) is 5.69 Å². The minimum absolute atomic E-state index is 0.00209. The van der Waals surface area contributed by atoms with Crippen molar-refractivity contribution in [2.24, 2.45) is 0 Å². The van der Waals surface area contributed by atoms with Crippen molar-refractivity contribution >= 4 is 11.4 Å². The van der Waals surface area contributed by atoms with Gasteiger partial charge < -0.3 is 20.1 Å². The zero-order valence-electron chi connectivity index (χ0n) is 13.7. The smallest absolute Gasteiger partial charge is 0.273 e. The summed E-state index contributed by atoms with van der Waals surface area (Å²) in [5.41, 5.74) is 0.856. The number of benzene rings is 1. The molecule has 128 valence electrons. The monoisotopic (exact) mass is 323 g/mol. The largest absolute Gasteiger partial charge is 0.488 e. The number of ether oxygens (including phenoxy) is 1. The van der Waals surface area contributed by atoms with Crippen LogP contribution in [0.4, 0.5) is 11.4 Å². The van der Waals surface area contributed by atoms with E-state index < -0.39 is 11.0 Å². The number of hydrogen-bond acceptors (Lipinski definition) is 6. The molecule has 0 spiro atoms. The number of nitrogens with one attached hydrogen (secondary N) is 1. The minimum Gasteiger partial charge on any atom is -0.488 e. The summed E-state index contributed by atoms with van der Waals surface area (Å²) in [5.74, 6) is 0.463. The lowest BCUT2D eigenvalue weighted by atomic mass is 10.2. The highest BCUT2D eigenvalue weighted by Gasteiger charge is 2.20. The quantitative estimate of drug-likeness (QED) is 0.561. The number of rotatable bonds is 8. The maximum atomic E-state index is 11.0. The highest BCUT2D eigenvalue weighted by molar-refractivity contribution is 5.62. The van der Waals surface area contributed by atoms with Crippen LogP contribution in [0, 0.1) is 10.1 Å². The number of nitro benzene ring substituents is 1. The number of hydrogen-bond donors (Lipinski definition) is 2. The Morgan fingerprint density at radius 3 is 2.70 bits per heavy atom. The zero-order valence-corrected chi connectivity index (χ0v) is 13.7. The molecule has 0 saturated carbocycles. The number of non-ortho nitro benzene ring substituents is 1. The van der Waals surface area contributed by atoms with Crippen LogP contribution in [0.3, 0.4) is 0 Å². The molecule has 1 aliphatic heterocycles. The van der Waals surface area contributed by atoms with Crippen molar-refractivity contribution in [1.82, 2.24) is 5.32 Å². The van der Waals surface area contributed by atoms with E-state index in [9.17, 15) is 15.2 Å². The SMILES string of the molecule is CC(C)NCC(O)COc1cc([N+](=O)[O-])ccc1N1CCCC1. The molecule has 1 aromatic rings. The highest BCUT2D eigenvalue weighted by atomic mass is 16.6. The molecular weight excluding hydrogens is 298 g/mol. The van der Waals surface area contributed by atoms with Crippen LogP contribution in [-0.4, -0.2) is 48.4 Å². The summed E-state index contributed by atoms with van der Waals surface area (Å²) in [6, 6.07) is 4.95. The highest BCUT2D eigenvalue weighted by Crippen LogP contribution is 2.34. The maximum Gasteiger partial charge on any atom is 0.273 e. The van der Waals surface area contributed by atoms with Crippen LogP contribution in [0.15, 0.2) is 18.2 Å². The Hall–Kier alpha value is -1.86. The minimum atomic E-state index is -0.664. The van der Waals surface area contributed by atoms with Gasteiger partial charge in [-0.15, -0.1) is 0 Å². The number of nitrogens with zero attached hydrogens (tertiary/aromatic N) is 2. The molecular formula is C16H25N3O4. The second-order valence-electron chi connectivity index (χ2n) is 6.13. The summed E-state index contributed by atoms with van der Waals surface area (Å²) in [7, 11) is 0. The van der Waals surface area contributed by atoms with Gasteiger partial charge in [0.15, 0.2) is 0 Å². The van der Waals surface area contributed by atoms with Crippen LogP contribution in [0.2, 0.25) is 0 Å². The van der Waals surface area contributed by atoms with Crippen molar-refractivity contribution in [3.05, 3.63) is 28.3 Å². The van der Waals surface area contributed by atoms with Gasteiger partial charge in [-0.3, -0.25) is 10.1 Å². The lowest BCUT2D eigenvalue weighted by Gasteiger charge is -2.22. The first-order valence-corrected chi connectivity index (χ1v) is 8.05. The number of aliphatic hydroxyl groups excluding tert-OH is 1. The van der Waals surface area contributed by atoms with Gasteiger partial charge in [-0.25, -0.2) is 0 Å². The fourth-order valence-corrected chi connectivity index (χ4v) is 2.57. The molecule has 7 heteroatoms. The third-order valence-corrected chi connectivity index (χ3v) is 3.79. The molecule has 2 N–H and O–H groups in total. The molecule has 0 radical (unpaired) electrons. The topological polar surface area (TPSA) is 87.9 Å². The van der Waals surface area contributed by atoms with Crippen molar-refractivity contribution < 1.29 is 14.8 Å². The van der Waals surface area contributed by atoms with Gasteiger partial charge in [0.1, 0.15) is 18.5 Å². The molecule has 1 unspecified atom stereocenters. The van der Waals surface area contributed by atoms with Crippen molar-refractivity contribution in [2.45, 2.75) is 38.8 Å². The molecule has 7 nitrogen and oxygen atoms in total. The molecule has 0 amide bonds. The fourth-order valence-electron chi connectivity index (χ4n) is 2.57. The molecule has 1 atom stereocenters. The fraction of sp³-hybridized carbons (Fsp3) is 0.625. The lowest BCUT2D eigenvalue weighted by molar-refractivity contribution is -0.384. The second kappa shape index (κ2) is 8.12. The van der Waals surface area contributed by atoms with Gasteiger partial charge in [-0.05, 0) is 18.9 Å². The number of aliphatic hydroxyl groups is 1. The van der Waals surface area contributed by atoms with Crippen LogP contribution in [0.1, 0.15) is 26.7 Å². The van der Waals surface area contributed by atoms with Gasteiger partial charge in [0, 0.05) is 31.7 Å². The average Bonchev–Trinajstić information content (AvgIpc) is 3.04. The van der Waals surface area contributed by atoms with Crippen LogP contribution in [-0.2, 0) is 0 Å². The summed E-state index contributed by atoms with van der Waals surface area (Å²) < 4.78 is 5.70. The van der Waals surface area contributed by atoms with Gasteiger partial charge >= 0.3 is 0 Å². The van der Waals surface area contributed by atoms with Crippen LogP contribution >= 0.6 is 0 Å². The van der Waals surface area contributed by atoms with Gasteiger partial charge in [-0.2, -0.15) is 0 Å². The summed E-state index contributed by atoms with van der Waals surface area (Å²) in [6.07, 6.45) is 1.55. The Morgan fingerprint density at radius 2 is 2.09 bits per heavy atom. The van der Waals surface area contributed by atoms with Crippen LogP contribution in [0.25, 0.3) is 0 Å². The normalized spacial score (nSPS) is 15.9. The van der Waals surface area contributed by atoms with Crippen LogP contribution in [0.5, 0.6) is 5.75 Å². The number of anilines is 1. The first kappa shape index (κ1) is 17.5. The van der Waals surface area contributed by atoms with E-state index in [2.05, 4.69) is 10.2 Å². The third kappa shape index (κ3) is 5.07. The van der Waals surface area contributed by atoms with Gasteiger partial charge in [-0.1, -0.05) is 13.8 Å². The standard InChI is InChI=1S/C16H25N3O4/c1-12(2)17-10-14(20)11-23-16-9-13(19(21)22)5-6-15(16)18-7-3-4-8-18/h5-6,9,12,14,17,20H,3-4,7-8,10-11H2,1-2H3. The number of nitro groups is 1. The molecule has 23 heavy (non-hydrogen) atoms. The first-order chi connectivity index (χ1) is 11.0. The van der Waals surface area contributed by atoms with E-state index in [4.69, 9.17) is 4.74 Å². The first-order valence-electron chi connectivity index (χ1n) is 8.05. The molecule has 1 aromatic carbocycles. The van der Waals surface area contributed by atoms with Crippen molar-refractivity contribution in [1.29, 1.82) is 0 Å². The van der Waals surface area contributed by atoms with E-state index in [1.165, 1.54) is 12.1 Å². The van der Waals surface area contributed by atoms with Crippen molar-refractivity contribution in [2.75, 3.05) is 31.1 Å². The summed E-state index contributed by atoms with van der Waals surface area (Å²) in [6.45, 7) is 6.36. The summed E-state index contributed by atoms with van der Waals surface area (Å²) >= 11 is 0. The predicted octanol–water partition coefficient (Wildman–Crippen LogP) is 1.93. The Labute approximate surface area is 136 Å².